The Labute approximate surface area is 158 Å². The van der Waals surface area contributed by atoms with E-state index in [-0.39, 0.29) is 11.7 Å². The van der Waals surface area contributed by atoms with E-state index in [0.717, 1.165) is 49.6 Å². The van der Waals surface area contributed by atoms with Crippen LogP contribution >= 0.6 is 0 Å². The highest BCUT2D eigenvalue weighted by molar-refractivity contribution is 5.76. The van der Waals surface area contributed by atoms with E-state index in [0.29, 0.717) is 12.8 Å². The van der Waals surface area contributed by atoms with Gasteiger partial charge in [0, 0.05) is 51.5 Å². The van der Waals surface area contributed by atoms with E-state index in [1.54, 1.807) is 12.1 Å². The molecular weight excluding hydrogens is 343 g/mol. The van der Waals surface area contributed by atoms with E-state index in [1.165, 1.54) is 6.07 Å². The summed E-state index contributed by atoms with van der Waals surface area (Å²) in [5.41, 5.74) is 2.83. The van der Waals surface area contributed by atoms with E-state index in [1.807, 2.05) is 46.0 Å². The van der Waals surface area contributed by atoms with E-state index in [2.05, 4.69) is 9.88 Å². The summed E-state index contributed by atoms with van der Waals surface area (Å²) >= 11 is 0. The minimum atomic E-state index is -0.201. The molecule has 0 bridgehead atoms. The first-order valence-corrected chi connectivity index (χ1v) is 9.34. The number of pyridine rings is 1. The van der Waals surface area contributed by atoms with Crippen LogP contribution in [0.1, 0.15) is 17.7 Å². The highest BCUT2D eigenvalue weighted by Gasteiger charge is 2.21. The Bertz CT molecular complexity index is 898. The van der Waals surface area contributed by atoms with Crippen LogP contribution in [0.25, 0.3) is 5.65 Å². The molecule has 1 aromatic carbocycles. The van der Waals surface area contributed by atoms with Gasteiger partial charge in [-0.2, -0.15) is 0 Å². The maximum Gasteiger partial charge on any atom is 0.223 e. The van der Waals surface area contributed by atoms with E-state index >= 15 is 0 Å². The van der Waals surface area contributed by atoms with Gasteiger partial charge in [0.15, 0.2) is 0 Å². The molecule has 1 aliphatic heterocycles. The summed E-state index contributed by atoms with van der Waals surface area (Å²) in [5.74, 6) is -0.0225. The van der Waals surface area contributed by atoms with Crippen molar-refractivity contribution in [3.63, 3.8) is 0 Å². The second-order valence-corrected chi connectivity index (χ2v) is 6.99. The van der Waals surface area contributed by atoms with Gasteiger partial charge in [-0.3, -0.25) is 9.69 Å². The molecule has 0 N–H and O–H groups in total. The van der Waals surface area contributed by atoms with Gasteiger partial charge < -0.3 is 9.30 Å². The third kappa shape index (κ3) is 4.34. The van der Waals surface area contributed by atoms with Crippen LogP contribution in [0.15, 0.2) is 54.9 Å². The zero-order valence-corrected chi connectivity index (χ0v) is 15.2. The summed E-state index contributed by atoms with van der Waals surface area (Å²) in [6.45, 7) is 3.80. The summed E-state index contributed by atoms with van der Waals surface area (Å²) < 4.78 is 15.3. The first-order chi connectivity index (χ1) is 13.2. The van der Waals surface area contributed by atoms with Gasteiger partial charge in [-0.05, 0) is 36.2 Å². The number of hydrogen-bond donors (Lipinski definition) is 0. The molecule has 0 atom stereocenters. The number of imidazole rings is 1. The Morgan fingerprint density at radius 3 is 2.70 bits per heavy atom. The number of aromatic nitrogens is 2. The Morgan fingerprint density at radius 2 is 1.93 bits per heavy atom. The normalized spacial score (nSPS) is 15.4. The van der Waals surface area contributed by atoms with Crippen LogP contribution in [0.5, 0.6) is 0 Å². The lowest BCUT2D eigenvalue weighted by Crippen LogP contribution is -2.48. The van der Waals surface area contributed by atoms with Crippen molar-refractivity contribution in [2.45, 2.75) is 19.4 Å². The molecule has 1 aliphatic rings. The average molecular weight is 366 g/mol. The molecule has 3 heterocycles. The Hall–Kier alpha value is -2.73. The molecule has 0 aliphatic carbocycles. The predicted octanol–water partition coefficient (Wildman–Crippen LogP) is 2.75. The van der Waals surface area contributed by atoms with Crippen LogP contribution in [0.2, 0.25) is 0 Å². The van der Waals surface area contributed by atoms with Gasteiger partial charge in [0.25, 0.3) is 0 Å². The number of piperazine rings is 1. The van der Waals surface area contributed by atoms with Crippen molar-refractivity contribution >= 4 is 11.6 Å². The van der Waals surface area contributed by atoms with E-state index in [4.69, 9.17) is 0 Å². The zero-order valence-electron chi connectivity index (χ0n) is 15.2. The lowest BCUT2D eigenvalue weighted by atomic mass is 10.1. The molecule has 0 spiro atoms. The van der Waals surface area contributed by atoms with Crippen molar-refractivity contribution in [2.75, 3.05) is 26.2 Å². The number of rotatable bonds is 5. The van der Waals surface area contributed by atoms with Crippen LogP contribution in [0.3, 0.4) is 0 Å². The second kappa shape index (κ2) is 7.88. The molecule has 0 unspecified atom stereocenters. The van der Waals surface area contributed by atoms with Gasteiger partial charge in [-0.25, -0.2) is 9.37 Å². The maximum atomic E-state index is 13.3. The van der Waals surface area contributed by atoms with Gasteiger partial charge in [0.2, 0.25) is 5.91 Å². The van der Waals surface area contributed by atoms with Crippen LogP contribution in [-0.4, -0.2) is 51.3 Å². The number of aryl methyl sites for hydroxylation is 1. The fourth-order valence-corrected chi connectivity index (χ4v) is 3.55. The fourth-order valence-electron chi connectivity index (χ4n) is 3.55. The molecule has 3 aromatic rings. The van der Waals surface area contributed by atoms with Crippen molar-refractivity contribution in [1.82, 2.24) is 19.2 Å². The van der Waals surface area contributed by atoms with Gasteiger partial charge in [-0.15, -0.1) is 0 Å². The number of benzene rings is 1. The quantitative estimate of drug-likeness (QED) is 0.697. The molecular formula is C21H23FN4O. The Kier molecular flexibility index (Phi) is 5.16. The van der Waals surface area contributed by atoms with Crippen molar-refractivity contribution in [3.8, 4) is 0 Å². The second-order valence-electron chi connectivity index (χ2n) is 6.99. The van der Waals surface area contributed by atoms with Crippen LogP contribution < -0.4 is 0 Å². The van der Waals surface area contributed by atoms with Crippen LogP contribution in [0.4, 0.5) is 4.39 Å². The number of amides is 1. The number of carbonyl (C=O) groups is 1. The molecule has 5 nitrogen and oxygen atoms in total. The maximum absolute atomic E-state index is 13.3. The number of halogens is 1. The lowest BCUT2D eigenvalue weighted by molar-refractivity contribution is -0.133. The molecule has 2 aromatic heterocycles. The Balaban J connectivity index is 1.25. The lowest BCUT2D eigenvalue weighted by Gasteiger charge is -2.34. The topological polar surface area (TPSA) is 40.9 Å². The summed E-state index contributed by atoms with van der Waals surface area (Å²) in [7, 11) is 0. The van der Waals surface area contributed by atoms with E-state index < -0.39 is 0 Å². The van der Waals surface area contributed by atoms with Gasteiger partial charge >= 0.3 is 0 Å². The van der Waals surface area contributed by atoms with Crippen molar-refractivity contribution in [2.24, 2.45) is 0 Å². The van der Waals surface area contributed by atoms with Crippen molar-refractivity contribution in [3.05, 3.63) is 71.9 Å². The fraction of sp³-hybridized carbons (Fsp3) is 0.333. The average Bonchev–Trinajstić information content (AvgIpc) is 3.10. The number of nitrogens with zero attached hydrogens (tertiary/aromatic N) is 4. The van der Waals surface area contributed by atoms with E-state index in [9.17, 15) is 9.18 Å². The molecule has 1 fully saturated rings. The minimum Gasteiger partial charge on any atom is -0.340 e. The van der Waals surface area contributed by atoms with Gasteiger partial charge in [0.05, 0.1) is 5.69 Å². The monoisotopic (exact) mass is 366 g/mol. The van der Waals surface area contributed by atoms with Crippen LogP contribution in [-0.2, 0) is 17.8 Å². The first kappa shape index (κ1) is 17.7. The molecule has 140 valence electrons. The smallest absolute Gasteiger partial charge is 0.223 e. The molecule has 27 heavy (non-hydrogen) atoms. The largest absolute Gasteiger partial charge is 0.340 e. The molecule has 1 amide bonds. The van der Waals surface area contributed by atoms with Crippen LogP contribution in [0, 0.1) is 5.82 Å². The summed E-state index contributed by atoms with van der Waals surface area (Å²) in [5, 5.41) is 0. The third-order valence-electron chi connectivity index (χ3n) is 5.03. The highest BCUT2D eigenvalue weighted by atomic mass is 19.1. The van der Waals surface area contributed by atoms with Gasteiger partial charge in [-0.1, -0.05) is 18.2 Å². The molecule has 0 saturated carbocycles. The highest BCUT2D eigenvalue weighted by Crippen LogP contribution is 2.12. The number of fused-ring (bicyclic) bond motifs is 1. The molecule has 6 heteroatoms. The molecule has 4 rings (SSSR count). The number of hydrogen-bond acceptors (Lipinski definition) is 3. The standard InChI is InChI=1S/C21H23FN4O/c22-18-5-3-4-17(14-18)15-24-10-12-25(13-11-24)21(27)8-7-19-16-26-9-2-1-6-20(26)23-19/h1-6,9,14,16H,7-8,10-13,15H2. The molecule has 0 radical (unpaired) electrons. The number of carbonyl (C=O) groups excluding carboxylic acids is 1. The van der Waals surface area contributed by atoms with Crippen molar-refractivity contribution < 1.29 is 9.18 Å². The zero-order chi connectivity index (χ0) is 18.6. The Morgan fingerprint density at radius 1 is 1.07 bits per heavy atom. The van der Waals surface area contributed by atoms with Crippen molar-refractivity contribution in [1.29, 1.82) is 0 Å². The SMILES string of the molecule is O=C(CCc1cn2ccccc2n1)N1CCN(Cc2cccc(F)c2)CC1. The third-order valence-corrected chi connectivity index (χ3v) is 5.03. The summed E-state index contributed by atoms with van der Waals surface area (Å²) in [4.78, 5) is 21.3. The predicted molar refractivity (Wildman–Crippen MR) is 102 cm³/mol. The van der Waals surface area contributed by atoms with Gasteiger partial charge in [0.1, 0.15) is 11.5 Å². The summed E-state index contributed by atoms with van der Waals surface area (Å²) in [6.07, 6.45) is 5.09. The summed E-state index contributed by atoms with van der Waals surface area (Å²) in [6, 6.07) is 12.6. The molecule has 1 saturated heterocycles. The minimum absolute atomic E-state index is 0.178. The first-order valence-electron chi connectivity index (χ1n) is 9.34.